The van der Waals surface area contributed by atoms with Gasteiger partial charge in [0.1, 0.15) is 5.82 Å². The van der Waals surface area contributed by atoms with E-state index in [0.717, 1.165) is 25.7 Å². The zero-order chi connectivity index (χ0) is 13.2. The van der Waals surface area contributed by atoms with Crippen molar-refractivity contribution in [3.05, 3.63) is 23.0 Å². The first-order valence-corrected chi connectivity index (χ1v) is 6.59. The molecule has 0 unspecified atom stereocenters. The number of nitrogens with one attached hydrogen (secondary N) is 1. The van der Waals surface area contributed by atoms with Crippen LogP contribution in [0.25, 0.3) is 0 Å². The molecule has 1 fully saturated rings. The summed E-state index contributed by atoms with van der Waals surface area (Å²) in [6.07, 6.45) is 4.83. The normalized spacial score (nSPS) is 18.6. The first-order chi connectivity index (χ1) is 8.50. The maximum Gasteiger partial charge on any atom is 0.143 e. The van der Waals surface area contributed by atoms with Gasteiger partial charge >= 0.3 is 0 Å². The summed E-state index contributed by atoms with van der Waals surface area (Å²) < 4.78 is 13.1. The topological polar surface area (TPSA) is 58.3 Å². The van der Waals surface area contributed by atoms with Crippen molar-refractivity contribution in [1.82, 2.24) is 0 Å². The molecular weight excluding hydrogens is 255 g/mol. The van der Waals surface area contributed by atoms with Gasteiger partial charge in [-0.3, -0.25) is 0 Å². The number of aliphatic hydroxyl groups is 1. The van der Waals surface area contributed by atoms with Crippen molar-refractivity contribution in [3.8, 4) is 0 Å². The number of benzene rings is 1. The molecule has 0 bridgehead atoms. The molecule has 2 rings (SSSR count). The van der Waals surface area contributed by atoms with Crippen LogP contribution in [-0.4, -0.2) is 17.3 Å². The molecule has 0 aromatic heterocycles. The lowest BCUT2D eigenvalue weighted by Crippen LogP contribution is -2.38. The Morgan fingerprint density at radius 3 is 2.67 bits per heavy atom. The Morgan fingerprint density at radius 2 is 2.00 bits per heavy atom. The van der Waals surface area contributed by atoms with Crippen LogP contribution in [0.4, 0.5) is 15.8 Å². The van der Waals surface area contributed by atoms with Gasteiger partial charge in [-0.15, -0.1) is 0 Å². The molecule has 4 N–H and O–H groups in total. The lowest BCUT2D eigenvalue weighted by molar-refractivity contribution is 0.0167. The molecule has 1 aliphatic carbocycles. The molecule has 0 spiro atoms. The van der Waals surface area contributed by atoms with Gasteiger partial charge in [0, 0.05) is 12.6 Å². The predicted octanol–water partition coefficient (Wildman–Crippen LogP) is 3.17. The molecule has 100 valence electrons. The van der Waals surface area contributed by atoms with Gasteiger partial charge in [-0.05, 0) is 18.9 Å². The number of halogens is 2. The number of rotatable bonds is 3. The number of hydrogen-bond donors (Lipinski definition) is 3. The highest BCUT2D eigenvalue weighted by Crippen LogP contribution is 2.30. The van der Waals surface area contributed by atoms with E-state index in [1.165, 1.54) is 18.6 Å². The van der Waals surface area contributed by atoms with Gasteiger partial charge in [-0.1, -0.05) is 30.9 Å². The Balaban J connectivity index is 2.03. The van der Waals surface area contributed by atoms with Crippen LogP contribution in [0.5, 0.6) is 0 Å². The molecule has 0 radical (unpaired) electrons. The van der Waals surface area contributed by atoms with Gasteiger partial charge in [0.05, 0.1) is 22.0 Å². The summed E-state index contributed by atoms with van der Waals surface area (Å²) >= 11 is 5.71. The lowest BCUT2D eigenvalue weighted by atomic mass is 9.85. The van der Waals surface area contributed by atoms with Gasteiger partial charge in [0.25, 0.3) is 0 Å². The minimum absolute atomic E-state index is 0.0299. The summed E-state index contributed by atoms with van der Waals surface area (Å²) in [5.74, 6) is -0.531. The van der Waals surface area contributed by atoms with E-state index < -0.39 is 11.4 Å². The van der Waals surface area contributed by atoms with E-state index in [-0.39, 0.29) is 5.02 Å². The fraction of sp³-hybridized carbons (Fsp3) is 0.538. The monoisotopic (exact) mass is 272 g/mol. The highest BCUT2D eigenvalue weighted by atomic mass is 35.5. The van der Waals surface area contributed by atoms with E-state index in [4.69, 9.17) is 17.3 Å². The molecule has 3 nitrogen and oxygen atoms in total. The Kier molecular flexibility index (Phi) is 3.97. The second kappa shape index (κ2) is 5.33. The molecule has 1 aromatic carbocycles. The molecule has 1 saturated carbocycles. The van der Waals surface area contributed by atoms with Gasteiger partial charge in [0.15, 0.2) is 0 Å². The number of anilines is 2. The number of hydrogen-bond acceptors (Lipinski definition) is 3. The minimum atomic E-state index is -0.689. The Morgan fingerprint density at radius 1 is 1.33 bits per heavy atom. The standard InChI is InChI=1S/C13H18ClFN2O/c14-9-6-12(11(16)7-10(9)15)17-8-13(18)4-2-1-3-5-13/h6-7,17-18H,1-5,8,16H2. The van der Waals surface area contributed by atoms with E-state index in [1.54, 1.807) is 0 Å². The Bertz CT molecular complexity index is 433. The zero-order valence-corrected chi connectivity index (χ0v) is 10.9. The number of nitrogen functional groups attached to an aromatic ring is 1. The van der Waals surface area contributed by atoms with Crippen LogP contribution in [0.1, 0.15) is 32.1 Å². The van der Waals surface area contributed by atoms with E-state index in [1.807, 2.05) is 0 Å². The SMILES string of the molecule is Nc1cc(F)c(Cl)cc1NCC1(O)CCCCC1. The highest BCUT2D eigenvalue weighted by molar-refractivity contribution is 6.31. The predicted molar refractivity (Wildman–Crippen MR) is 72.3 cm³/mol. The maximum atomic E-state index is 13.1. The first kappa shape index (κ1) is 13.4. The Hall–Kier alpha value is -1.00. The van der Waals surface area contributed by atoms with Crippen molar-refractivity contribution in [3.63, 3.8) is 0 Å². The second-order valence-electron chi connectivity index (χ2n) is 4.99. The summed E-state index contributed by atoms with van der Waals surface area (Å²) in [7, 11) is 0. The van der Waals surface area contributed by atoms with Gasteiger partial charge in [-0.2, -0.15) is 0 Å². The fourth-order valence-corrected chi connectivity index (χ4v) is 2.53. The van der Waals surface area contributed by atoms with Gasteiger partial charge in [0.2, 0.25) is 0 Å². The third-order valence-electron chi connectivity index (χ3n) is 3.48. The van der Waals surface area contributed by atoms with Crippen molar-refractivity contribution < 1.29 is 9.50 Å². The van der Waals surface area contributed by atoms with Crippen molar-refractivity contribution in [2.75, 3.05) is 17.6 Å². The van der Waals surface area contributed by atoms with E-state index in [2.05, 4.69) is 5.32 Å². The quantitative estimate of drug-likeness (QED) is 0.741. The van der Waals surface area contributed by atoms with Crippen molar-refractivity contribution in [2.45, 2.75) is 37.7 Å². The molecule has 5 heteroatoms. The van der Waals surface area contributed by atoms with Crippen molar-refractivity contribution >= 4 is 23.0 Å². The summed E-state index contributed by atoms with van der Waals surface area (Å²) in [6, 6.07) is 2.65. The first-order valence-electron chi connectivity index (χ1n) is 6.21. The third kappa shape index (κ3) is 3.06. The smallest absolute Gasteiger partial charge is 0.143 e. The van der Waals surface area contributed by atoms with Crippen LogP contribution in [-0.2, 0) is 0 Å². The molecule has 1 aromatic rings. The summed E-state index contributed by atoms with van der Waals surface area (Å²) in [4.78, 5) is 0. The molecule has 0 heterocycles. The van der Waals surface area contributed by atoms with Crippen LogP contribution >= 0.6 is 11.6 Å². The minimum Gasteiger partial charge on any atom is -0.397 e. The van der Waals surface area contributed by atoms with Crippen molar-refractivity contribution in [1.29, 1.82) is 0 Å². The molecule has 0 amide bonds. The maximum absolute atomic E-state index is 13.1. The van der Waals surface area contributed by atoms with Crippen LogP contribution in [0.2, 0.25) is 5.02 Å². The van der Waals surface area contributed by atoms with Gasteiger partial charge < -0.3 is 16.2 Å². The Labute approximate surface area is 111 Å². The summed E-state index contributed by atoms with van der Waals surface area (Å²) in [5.41, 5.74) is 5.89. The summed E-state index contributed by atoms with van der Waals surface area (Å²) in [5, 5.41) is 13.4. The molecule has 18 heavy (non-hydrogen) atoms. The lowest BCUT2D eigenvalue weighted by Gasteiger charge is -2.32. The second-order valence-corrected chi connectivity index (χ2v) is 5.40. The van der Waals surface area contributed by atoms with Crippen LogP contribution in [0, 0.1) is 5.82 Å². The molecule has 1 aliphatic rings. The largest absolute Gasteiger partial charge is 0.397 e. The molecule has 0 saturated heterocycles. The number of nitrogens with two attached hydrogens (primary N) is 1. The highest BCUT2D eigenvalue weighted by Gasteiger charge is 2.28. The average Bonchev–Trinajstić information content (AvgIpc) is 2.33. The van der Waals surface area contributed by atoms with Gasteiger partial charge in [-0.25, -0.2) is 4.39 Å². The summed E-state index contributed by atoms with van der Waals surface area (Å²) in [6.45, 7) is 0.416. The van der Waals surface area contributed by atoms with Crippen LogP contribution in [0.15, 0.2) is 12.1 Å². The third-order valence-corrected chi connectivity index (χ3v) is 3.77. The molecule has 0 atom stereocenters. The molecule has 0 aliphatic heterocycles. The zero-order valence-electron chi connectivity index (χ0n) is 10.2. The van der Waals surface area contributed by atoms with Crippen LogP contribution in [0.3, 0.4) is 0 Å². The van der Waals surface area contributed by atoms with Crippen LogP contribution < -0.4 is 11.1 Å². The van der Waals surface area contributed by atoms with E-state index in [0.29, 0.717) is 17.9 Å². The molecular formula is C13H18ClFN2O. The van der Waals surface area contributed by atoms with Crippen molar-refractivity contribution in [2.24, 2.45) is 0 Å². The van der Waals surface area contributed by atoms with E-state index >= 15 is 0 Å². The van der Waals surface area contributed by atoms with E-state index in [9.17, 15) is 9.50 Å². The fourth-order valence-electron chi connectivity index (χ4n) is 2.36. The average molecular weight is 273 g/mol.